The minimum absolute atomic E-state index is 0.337. The first-order chi connectivity index (χ1) is 9.19. The summed E-state index contributed by atoms with van der Waals surface area (Å²) in [6.07, 6.45) is 3.56. The van der Waals surface area contributed by atoms with Gasteiger partial charge >= 0.3 is 0 Å². The van der Waals surface area contributed by atoms with Gasteiger partial charge in [-0.1, -0.05) is 11.8 Å². The van der Waals surface area contributed by atoms with Crippen LogP contribution >= 0.6 is 11.8 Å². The summed E-state index contributed by atoms with van der Waals surface area (Å²) in [6, 6.07) is 5.16. The first kappa shape index (κ1) is 14.7. The molecule has 0 aliphatic carbocycles. The fraction of sp³-hybridized carbons (Fsp3) is 0.250. The maximum Gasteiger partial charge on any atom is 0.183 e. The van der Waals surface area contributed by atoms with Gasteiger partial charge in [0.15, 0.2) is 22.9 Å². The van der Waals surface area contributed by atoms with E-state index >= 15 is 0 Å². The number of amidine groups is 1. The Morgan fingerprint density at radius 3 is 2.37 bits per heavy atom. The highest BCUT2D eigenvalue weighted by molar-refractivity contribution is 8.13. The zero-order valence-electron chi connectivity index (χ0n) is 10.7. The third kappa shape index (κ3) is 3.54. The number of benzene rings is 1. The highest BCUT2D eigenvalue weighted by atomic mass is 32.2. The zero-order chi connectivity index (χ0) is 14.3. The van der Waals surface area contributed by atoms with Crippen LogP contribution in [0.5, 0.6) is 11.5 Å². The molecular formula is C12H12N4O2S. The lowest BCUT2D eigenvalue weighted by Crippen LogP contribution is -2.12. The normalized spacial score (nSPS) is 10.3. The van der Waals surface area contributed by atoms with Gasteiger partial charge in [0, 0.05) is 12.1 Å². The third-order valence-corrected chi connectivity index (χ3v) is 2.78. The molecule has 98 valence electrons. The molecule has 0 aliphatic rings. The maximum atomic E-state index is 9.11. The number of hydrogen-bond acceptors (Lipinski definition) is 6. The fourth-order valence-electron chi connectivity index (χ4n) is 1.33. The monoisotopic (exact) mass is 276 g/mol. The van der Waals surface area contributed by atoms with E-state index in [0.29, 0.717) is 27.9 Å². The van der Waals surface area contributed by atoms with Crippen molar-refractivity contribution in [2.75, 3.05) is 20.5 Å². The van der Waals surface area contributed by atoms with Crippen LogP contribution in [0.15, 0.2) is 17.1 Å². The van der Waals surface area contributed by atoms with Crippen LogP contribution in [0.25, 0.3) is 0 Å². The summed E-state index contributed by atoms with van der Waals surface area (Å²) >= 11 is 1.27. The van der Waals surface area contributed by atoms with Crippen molar-refractivity contribution < 1.29 is 9.47 Å². The van der Waals surface area contributed by atoms with Crippen LogP contribution < -0.4 is 14.8 Å². The Labute approximate surface area is 115 Å². The number of rotatable bonds is 3. The molecule has 0 radical (unpaired) electrons. The van der Waals surface area contributed by atoms with E-state index in [0.717, 1.165) is 0 Å². The van der Waals surface area contributed by atoms with E-state index in [1.165, 1.54) is 26.0 Å². The number of thioether (sulfide) groups is 1. The Morgan fingerprint density at radius 2 is 1.89 bits per heavy atom. The first-order valence-electron chi connectivity index (χ1n) is 5.14. The number of ether oxygens (including phenoxy) is 2. The first-order valence-corrected chi connectivity index (χ1v) is 6.36. The molecule has 1 rings (SSSR count). The van der Waals surface area contributed by atoms with E-state index in [9.17, 15) is 0 Å². The Morgan fingerprint density at radius 1 is 1.26 bits per heavy atom. The van der Waals surface area contributed by atoms with Crippen molar-refractivity contribution in [3.63, 3.8) is 0 Å². The number of nitrogens with zero attached hydrogens (tertiary/aromatic N) is 3. The topological polar surface area (TPSA) is 90.4 Å². The predicted molar refractivity (Wildman–Crippen MR) is 73.6 cm³/mol. The lowest BCUT2D eigenvalue weighted by atomic mass is 10.1. The summed E-state index contributed by atoms with van der Waals surface area (Å²) in [5.41, 5.74) is 0.746. The Balaban J connectivity index is 3.35. The smallest absolute Gasteiger partial charge is 0.183 e. The van der Waals surface area contributed by atoms with Crippen LogP contribution in [0.3, 0.4) is 0 Å². The van der Waals surface area contributed by atoms with Gasteiger partial charge in [-0.05, 0) is 6.26 Å². The maximum absolute atomic E-state index is 9.11. The van der Waals surface area contributed by atoms with E-state index in [1.807, 2.05) is 6.07 Å². The van der Waals surface area contributed by atoms with Crippen molar-refractivity contribution >= 4 is 22.6 Å². The molecule has 0 saturated heterocycles. The van der Waals surface area contributed by atoms with Gasteiger partial charge in [0.05, 0.1) is 25.5 Å². The molecule has 7 heteroatoms. The summed E-state index contributed by atoms with van der Waals surface area (Å²) in [5, 5.41) is 20.5. The molecule has 0 fully saturated rings. The van der Waals surface area contributed by atoms with E-state index in [2.05, 4.69) is 10.3 Å². The Hall–Kier alpha value is -2.38. The molecule has 0 aromatic heterocycles. The predicted octanol–water partition coefficient (Wildman–Crippen LogP) is 2.00. The van der Waals surface area contributed by atoms with Gasteiger partial charge in [-0.3, -0.25) is 5.32 Å². The van der Waals surface area contributed by atoms with Crippen LogP contribution in [0.1, 0.15) is 5.56 Å². The van der Waals surface area contributed by atoms with Crippen LogP contribution in [-0.4, -0.2) is 25.6 Å². The Kier molecular flexibility index (Phi) is 5.52. The van der Waals surface area contributed by atoms with Gasteiger partial charge in [-0.15, -0.1) is 0 Å². The molecule has 0 amide bonds. The second-order valence-electron chi connectivity index (χ2n) is 3.19. The molecule has 6 nitrogen and oxygen atoms in total. The molecule has 0 heterocycles. The van der Waals surface area contributed by atoms with Crippen molar-refractivity contribution in [3.8, 4) is 23.8 Å². The second kappa shape index (κ2) is 7.14. The Bertz CT molecular complexity index is 572. The average Bonchev–Trinajstić information content (AvgIpc) is 2.45. The molecule has 0 unspecified atom stereocenters. The molecule has 1 N–H and O–H groups in total. The van der Waals surface area contributed by atoms with E-state index in [-0.39, 0.29) is 0 Å². The van der Waals surface area contributed by atoms with Crippen LogP contribution in [0.4, 0.5) is 5.69 Å². The molecule has 1 aromatic rings. The minimum atomic E-state index is 0.337. The lowest BCUT2D eigenvalue weighted by Gasteiger charge is -2.09. The van der Waals surface area contributed by atoms with Crippen LogP contribution in [0, 0.1) is 22.8 Å². The standard InChI is InChI=1S/C12H12N4O2S/c1-17-10-4-8(6-13)9(5-11(10)18-2)16-12(19-3)15-7-14/h4-5H,1-3H3,(H,15,16). The van der Waals surface area contributed by atoms with Gasteiger partial charge in [0.25, 0.3) is 0 Å². The molecule has 0 aliphatic heterocycles. The number of nitrogens with one attached hydrogen (secondary N) is 1. The van der Waals surface area contributed by atoms with Crippen molar-refractivity contribution in [3.05, 3.63) is 17.7 Å². The average molecular weight is 276 g/mol. The molecule has 1 aromatic carbocycles. The molecular weight excluding hydrogens is 264 g/mol. The fourth-order valence-corrected chi connectivity index (χ4v) is 1.67. The minimum Gasteiger partial charge on any atom is -0.493 e. The van der Waals surface area contributed by atoms with E-state index in [1.54, 1.807) is 24.6 Å². The number of aliphatic imine (C=N–C) groups is 1. The van der Waals surface area contributed by atoms with Gasteiger partial charge < -0.3 is 9.47 Å². The molecule has 0 spiro atoms. The van der Waals surface area contributed by atoms with Crippen molar-refractivity contribution in [1.29, 1.82) is 10.5 Å². The SMILES string of the molecule is COc1cc(C#N)c(N=C(NC#N)SC)cc1OC. The van der Waals surface area contributed by atoms with Gasteiger partial charge in [0.1, 0.15) is 6.07 Å². The highest BCUT2D eigenvalue weighted by Gasteiger charge is 2.11. The largest absolute Gasteiger partial charge is 0.493 e. The summed E-state index contributed by atoms with van der Waals surface area (Å²) in [4.78, 5) is 4.21. The molecule has 0 atom stereocenters. The number of hydrogen-bond donors (Lipinski definition) is 1. The number of methoxy groups -OCH3 is 2. The van der Waals surface area contributed by atoms with Crippen LogP contribution in [-0.2, 0) is 0 Å². The van der Waals surface area contributed by atoms with Crippen molar-refractivity contribution in [1.82, 2.24) is 5.32 Å². The summed E-state index contributed by atoms with van der Waals surface area (Å²) in [6.45, 7) is 0. The molecule has 19 heavy (non-hydrogen) atoms. The summed E-state index contributed by atoms with van der Waals surface area (Å²) in [7, 11) is 2.99. The highest BCUT2D eigenvalue weighted by Crippen LogP contribution is 2.34. The molecule has 0 saturated carbocycles. The third-order valence-electron chi connectivity index (χ3n) is 2.20. The van der Waals surface area contributed by atoms with Gasteiger partial charge in [-0.2, -0.15) is 10.5 Å². The molecule has 0 bridgehead atoms. The summed E-state index contributed by atoms with van der Waals surface area (Å²) < 4.78 is 10.3. The van der Waals surface area contributed by atoms with Gasteiger partial charge in [-0.25, -0.2) is 4.99 Å². The quantitative estimate of drug-likeness (QED) is 0.393. The number of nitriles is 2. The van der Waals surface area contributed by atoms with Crippen molar-refractivity contribution in [2.24, 2.45) is 4.99 Å². The lowest BCUT2D eigenvalue weighted by molar-refractivity contribution is 0.355. The van der Waals surface area contributed by atoms with Crippen LogP contribution in [0.2, 0.25) is 0 Å². The van der Waals surface area contributed by atoms with Gasteiger partial charge in [0.2, 0.25) is 0 Å². The zero-order valence-corrected chi connectivity index (χ0v) is 11.5. The van der Waals surface area contributed by atoms with E-state index in [4.69, 9.17) is 20.0 Å². The summed E-state index contributed by atoms with van der Waals surface area (Å²) in [5.74, 6) is 0.926. The second-order valence-corrected chi connectivity index (χ2v) is 3.99. The van der Waals surface area contributed by atoms with Crippen molar-refractivity contribution in [2.45, 2.75) is 0 Å². The van der Waals surface area contributed by atoms with E-state index < -0.39 is 0 Å².